The number of aromatic nitrogens is 4. The average Bonchev–Trinajstić information content (AvgIpc) is 3.57. The molecule has 0 saturated carbocycles. The Balaban J connectivity index is 1.19. The van der Waals surface area contributed by atoms with Crippen LogP contribution in [-0.2, 0) is 32.6 Å². The predicted molar refractivity (Wildman–Crippen MR) is 171 cm³/mol. The van der Waals surface area contributed by atoms with Gasteiger partial charge in [-0.15, -0.1) is 5.10 Å². The lowest BCUT2D eigenvalue weighted by atomic mass is 9.91. The van der Waals surface area contributed by atoms with E-state index in [1.165, 1.54) is 11.8 Å². The number of sulfonamides is 1. The maximum absolute atomic E-state index is 12.7. The van der Waals surface area contributed by atoms with Crippen LogP contribution in [0.4, 0.5) is 0 Å². The molecule has 1 aromatic heterocycles. The summed E-state index contributed by atoms with van der Waals surface area (Å²) in [4.78, 5) is 0.212. The summed E-state index contributed by atoms with van der Waals surface area (Å²) in [6, 6.07) is 30.1. The third kappa shape index (κ3) is 7.30. The van der Waals surface area contributed by atoms with Gasteiger partial charge in [-0.1, -0.05) is 85.4 Å². The Morgan fingerprint density at radius 2 is 1.54 bits per heavy atom. The van der Waals surface area contributed by atoms with E-state index in [0.29, 0.717) is 10.9 Å². The third-order valence-corrected chi connectivity index (χ3v) is 10.2. The molecule has 0 amide bonds. The maximum Gasteiger partial charge on any atom is 0.240 e. The molecule has 0 bridgehead atoms. The van der Waals surface area contributed by atoms with Crippen LogP contribution < -0.4 is 4.72 Å². The number of thioether (sulfide) groups is 1. The van der Waals surface area contributed by atoms with Gasteiger partial charge in [0.1, 0.15) is 5.75 Å². The van der Waals surface area contributed by atoms with E-state index in [0.717, 1.165) is 27.9 Å². The fraction of sp³-hybridized carbons (Fsp3) is 0.242. The van der Waals surface area contributed by atoms with Crippen LogP contribution in [0.15, 0.2) is 113 Å². The summed E-state index contributed by atoms with van der Waals surface area (Å²) in [6.45, 7) is 2.17. The Morgan fingerprint density at radius 3 is 2.24 bits per heavy atom. The number of hydrogen-bond acceptors (Lipinski definition) is 10. The van der Waals surface area contributed by atoms with E-state index in [9.17, 15) is 18.6 Å². The molecule has 4 aromatic carbocycles. The summed E-state index contributed by atoms with van der Waals surface area (Å²) >= 11 is 1.46. The number of hydrogen-bond donors (Lipinski definition) is 3. The van der Waals surface area contributed by atoms with E-state index in [1.54, 1.807) is 59.3 Å². The van der Waals surface area contributed by atoms with Gasteiger partial charge in [0, 0.05) is 23.8 Å². The molecule has 1 fully saturated rings. The number of ether oxygens (including phenoxy) is 2. The Morgan fingerprint density at radius 1 is 0.870 bits per heavy atom. The largest absolute Gasteiger partial charge is 0.508 e. The van der Waals surface area contributed by atoms with Gasteiger partial charge in [-0.25, -0.2) is 13.1 Å². The molecule has 2 heterocycles. The fourth-order valence-corrected chi connectivity index (χ4v) is 7.24. The van der Waals surface area contributed by atoms with E-state index in [-0.39, 0.29) is 41.9 Å². The van der Waals surface area contributed by atoms with Crippen molar-refractivity contribution in [3.63, 3.8) is 0 Å². The number of benzene rings is 4. The Bertz CT molecular complexity index is 1840. The second-order valence-electron chi connectivity index (χ2n) is 10.9. The van der Waals surface area contributed by atoms with Crippen molar-refractivity contribution >= 4 is 21.8 Å². The van der Waals surface area contributed by atoms with Crippen molar-refractivity contribution in [1.82, 2.24) is 24.9 Å². The number of nitrogens with one attached hydrogen (secondary N) is 1. The van der Waals surface area contributed by atoms with Crippen molar-refractivity contribution in [1.29, 1.82) is 0 Å². The predicted octanol–water partition coefficient (Wildman–Crippen LogP) is 4.92. The first kappa shape index (κ1) is 31.9. The molecule has 11 nitrogen and oxygen atoms in total. The number of aliphatic hydroxyl groups is 1. The second kappa shape index (κ2) is 14.1. The van der Waals surface area contributed by atoms with E-state index in [1.807, 2.05) is 48.5 Å². The Kier molecular flexibility index (Phi) is 9.78. The zero-order valence-electron chi connectivity index (χ0n) is 24.9. The molecule has 1 aliphatic rings. The smallest absolute Gasteiger partial charge is 0.240 e. The molecular weight excluding hydrogens is 627 g/mol. The summed E-state index contributed by atoms with van der Waals surface area (Å²) in [5.74, 6) is 0.638. The normalized spacial score (nSPS) is 20.0. The maximum atomic E-state index is 12.7. The first-order valence-electron chi connectivity index (χ1n) is 14.7. The molecule has 5 aromatic rings. The molecule has 0 spiro atoms. The van der Waals surface area contributed by atoms with Crippen molar-refractivity contribution in [2.75, 3.05) is 5.75 Å². The molecule has 1 aliphatic heterocycles. The molecule has 0 aliphatic carbocycles. The molecule has 0 radical (unpaired) electrons. The van der Waals surface area contributed by atoms with Crippen LogP contribution in [0.25, 0.3) is 5.69 Å². The molecule has 6 rings (SSSR count). The van der Waals surface area contributed by atoms with Crippen LogP contribution in [0.1, 0.15) is 41.6 Å². The van der Waals surface area contributed by atoms with Crippen molar-refractivity contribution in [3.8, 4) is 11.4 Å². The first-order valence-corrected chi connectivity index (χ1v) is 17.1. The van der Waals surface area contributed by atoms with Crippen LogP contribution in [0.2, 0.25) is 0 Å². The van der Waals surface area contributed by atoms with E-state index < -0.39 is 16.3 Å². The number of tetrazole rings is 1. The fourth-order valence-electron chi connectivity index (χ4n) is 5.15. The van der Waals surface area contributed by atoms with E-state index in [2.05, 4.69) is 27.2 Å². The standard InChI is InChI=1S/C33H33N5O6S2/c1-22-30(21-45-33-35-36-37-38(33)27-15-17-28(40)18-16-27)43-32(44-31(22)25-11-9-24(20-39)10-12-25)26-13-7-23(8-14-26)19-34-46(41,42)29-5-3-2-4-6-29/h2-18,22,30-32,34,39-40H,19-21H2,1H3/t22-,30+,31+,32+/m1/s1. The Labute approximate surface area is 271 Å². The minimum atomic E-state index is -3.64. The van der Waals surface area contributed by atoms with Gasteiger partial charge in [-0.05, 0) is 63.5 Å². The third-order valence-electron chi connectivity index (χ3n) is 7.81. The molecule has 13 heteroatoms. The number of aliphatic hydroxyl groups excluding tert-OH is 1. The summed E-state index contributed by atoms with van der Waals surface area (Å²) in [6.07, 6.45) is -1.25. The van der Waals surface area contributed by atoms with Crippen LogP contribution in [0.3, 0.4) is 0 Å². The van der Waals surface area contributed by atoms with Gasteiger partial charge in [-0.3, -0.25) is 0 Å². The molecule has 4 atom stereocenters. The number of aromatic hydroxyl groups is 1. The Hall–Kier alpha value is -4.11. The molecule has 238 valence electrons. The zero-order chi connectivity index (χ0) is 32.1. The molecular formula is C33H33N5O6S2. The number of phenols is 1. The average molecular weight is 660 g/mol. The quantitative estimate of drug-likeness (QED) is 0.167. The monoisotopic (exact) mass is 659 g/mol. The number of rotatable bonds is 11. The summed E-state index contributed by atoms with van der Waals surface area (Å²) in [7, 11) is -3.64. The van der Waals surface area contributed by atoms with Crippen molar-refractivity contribution < 1.29 is 28.1 Å². The molecule has 1 saturated heterocycles. The highest BCUT2D eigenvalue weighted by Crippen LogP contribution is 2.43. The SMILES string of the molecule is C[C@@H]1[C@H](CSc2nnnn2-c2ccc(O)cc2)O[C@H](c2ccc(CNS(=O)(=O)c3ccccc3)cc2)O[C@@H]1c1ccc(CO)cc1. The second-order valence-corrected chi connectivity index (χ2v) is 13.7. The lowest BCUT2D eigenvalue weighted by Gasteiger charge is -2.41. The van der Waals surface area contributed by atoms with Crippen LogP contribution in [0, 0.1) is 5.92 Å². The summed E-state index contributed by atoms with van der Waals surface area (Å²) in [5.41, 5.74) is 4.08. The minimum absolute atomic E-state index is 0.0457. The summed E-state index contributed by atoms with van der Waals surface area (Å²) < 4.78 is 42.7. The molecule has 46 heavy (non-hydrogen) atoms. The molecule has 0 unspecified atom stereocenters. The van der Waals surface area contributed by atoms with Crippen LogP contribution in [0.5, 0.6) is 5.75 Å². The minimum Gasteiger partial charge on any atom is -0.508 e. The lowest BCUT2D eigenvalue weighted by molar-refractivity contribution is -0.268. The van der Waals surface area contributed by atoms with Crippen molar-refractivity contribution in [2.45, 2.75) is 48.6 Å². The molecule has 3 N–H and O–H groups in total. The highest BCUT2D eigenvalue weighted by molar-refractivity contribution is 7.99. The van der Waals surface area contributed by atoms with Gasteiger partial charge in [0.2, 0.25) is 15.2 Å². The van der Waals surface area contributed by atoms with Gasteiger partial charge in [0.25, 0.3) is 0 Å². The topological polar surface area (TPSA) is 149 Å². The van der Waals surface area contributed by atoms with E-state index in [4.69, 9.17) is 9.47 Å². The number of nitrogens with zero attached hydrogens (tertiary/aromatic N) is 4. The van der Waals surface area contributed by atoms with Crippen LogP contribution >= 0.6 is 11.8 Å². The van der Waals surface area contributed by atoms with Gasteiger partial charge in [-0.2, -0.15) is 4.68 Å². The van der Waals surface area contributed by atoms with Gasteiger partial charge in [0.05, 0.1) is 29.4 Å². The zero-order valence-corrected chi connectivity index (χ0v) is 26.5. The van der Waals surface area contributed by atoms with E-state index >= 15 is 0 Å². The highest BCUT2D eigenvalue weighted by atomic mass is 32.2. The van der Waals surface area contributed by atoms with Gasteiger partial charge in [0.15, 0.2) is 6.29 Å². The number of phenolic OH excluding ortho intramolecular Hbond substituents is 1. The van der Waals surface area contributed by atoms with Gasteiger partial charge < -0.3 is 19.7 Å². The lowest BCUT2D eigenvalue weighted by Crippen LogP contribution is -2.38. The summed E-state index contributed by atoms with van der Waals surface area (Å²) in [5, 5.41) is 32.0. The van der Waals surface area contributed by atoms with Crippen LogP contribution in [-0.4, -0.2) is 50.7 Å². The first-order chi connectivity index (χ1) is 22.3. The van der Waals surface area contributed by atoms with Crippen molar-refractivity contribution in [3.05, 3.63) is 125 Å². The highest BCUT2D eigenvalue weighted by Gasteiger charge is 2.38. The van der Waals surface area contributed by atoms with Gasteiger partial charge >= 0.3 is 0 Å². The van der Waals surface area contributed by atoms with Crippen molar-refractivity contribution in [2.24, 2.45) is 5.92 Å².